The largest absolute Gasteiger partial charge is 0.328 e. The van der Waals surface area contributed by atoms with Crippen molar-refractivity contribution in [2.75, 3.05) is 5.32 Å². The molecule has 0 saturated carbocycles. The highest BCUT2D eigenvalue weighted by Gasteiger charge is 2.07. The Hall–Kier alpha value is -0.870. The van der Waals surface area contributed by atoms with Crippen LogP contribution in [0.4, 0.5) is 5.69 Å². The van der Waals surface area contributed by atoms with Crippen molar-refractivity contribution in [3.8, 4) is 0 Å². The number of rotatable bonds is 5. The Labute approximate surface area is 111 Å². The second-order valence-corrected chi connectivity index (χ2v) is 5.15. The number of carbonyl (C=O) groups excluding carboxylic acids is 1. The molecule has 1 amide bonds. The monoisotopic (exact) mass is 298 g/mol. The van der Waals surface area contributed by atoms with Gasteiger partial charge in [-0.1, -0.05) is 12.1 Å². The minimum Gasteiger partial charge on any atom is -0.328 e. The molecule has 1 rings (SSSR count). The van der Waals surface area contributed by atoms with Crippen LogP contribution >= 0.6 is 15.9 Å². The van der Waals surface area contributed by atoms with Gasteiger partial charge >= 0.3 is 0 Å². The first-order valence-corrected chi connectivity index (χ1v) is 6.60. The van der Waals surface area contributed by atoms with Crippen molar-refractivity contribution >= 4 is 27.5 Å². The van der Waals surface area contributed by atoms with E-state index in [0.717, 1.165) is 28.6 Å². The molecule has 0 aliphatic heterocycles. The zero-order valence-electron chi connectivity index (χ0n) is 10.3. The first kappa shape index (κ1) is 14.2. The first-order valence-electron chi connectivity index (χ1n) is 5.81. The molecule has 3 N–H and O–H groups in total. The Balaban J connectivity index is 2.48. The predicted molar refractivity (Wildman–Crippen MR) is 75.0 cm³/mol. The van der Waals surface area contributed by atoms with E-state index in [4.69, 9.17) is 5.73 Å². The van der Waals surface area contributed by atoms with Crippen molar-refractivity contribution in [1.82, 2.24) is 0 Å². The Kier molecular flexibility index (Phi) is 5.65. The summed E-state index contributed by atoms with van der Waals surface area (Å²) < 4.78 is 0.945. The van der Waals surface area contributed by atoms with E-state index in [9.17, 15) is 4.79 Å². The summed E-state index contributed by atoms with van der Waals surface area (Å²) in [6.07, 6.45) is 2.22. The second kappa shape index (κ2) is 6.77. The van der Waals surface area contributed by atoms with Crippen LogP contribution in [0.2, 0.25) is 0 Å². The smallest absolute Gasteiger partial charge is 0.224 e. The average Bonchev–Trinajstić information content (AvgIpc) is 2.24. The van der Waals surface area contributed by atoms with Crippen molar-refractivity contribution in [1.29, 1.82) is 0 Å². The van der Waals surface area contributed by atoms with Crippen LogP contribution in [-0.4, -0.2) is 11.9 Å². The summed E-state index contributed by atoms with van der Waals surface area (Å²) in [4.78, 5) is 11.7. The summed E-state index contributed by atoms with van der Waals surface area (Å²) in [5.74, 6) is 0.0388. The minimum absolute atomic E-state index is 0.0388. The Morgan fingerprint density at radius 3 is 2.88 bits per heavy atom. The van der Waals surface area contributed by atoms with Crippen LogP contribution in [-0.2, 0) is 4.79 Å². The fraction of sp³-hybridized carbons (Fsp3) is 0.462. The molecule has 1 atom stereocenters. The number of amides is 1. The third kappa shape index (κ3) is 4.88. The highest BCUT2D eigenvalue weighted by molar-refractivity contribution is 9.10. The van der Waals surface area contributed by atoms with Gasteiger partial charge in [-0.25, -0.2) is 0 Å². The number of hydrogen-bond donors (Lipinski definition) is 2. The molecule has 1 aromatic carbocycles. The van der Waals surface area contributed by atoms with Gasteiger partial charge in [-0.3, -0.25) is 4.79 Å². The molecule has 0 aromatic heterocycles. The van der Waals surface area contributed by atoms with Gasteiger partial charge < -0.3 is 11.1 Å². The lowest BCUT2D eigenvalue weighted by Gasteiger charge is -2.09. The van der Waals surface area contributed by atoms with Gasteiger partial charge in [0.1, 0.15) is 0 Å². The molecule has 0 aliphatic rings. The summed E-state index contributed by atoms with van der Waals surface area (Å²) in [5, 5.41) is 2.90. The summed E-state index contributed by atoms with van der Waals surface area (Å²) in [6.45, 7) is 3.95. The Morgan fingerprint density at radius 2 is 2.24 bits per heavy atom. The highest BCUT2D eigenvalue weighted by Crippen LogP contribution is 2.25. The molecular weight excluding hydrogens is 280 g/mol. The lowest BCUT2D eigenvalue weighted by Crippen LogP contribution is -2.17. The van der Waals surface area contributed by atoms with Crippen LogP contribution in [0, 0.1) is 6.92 Å². The Morgan fingerprint density at radius 1 is 1.53 bits per heavy atom. The van der Waals surface area contributed by atoms with Crippen molar-refractivity contribution in [3.63, 3.8) is 0 Å². The summed E-state index contributed by atoms with van der Waals surface area (Å²) in [7, 11) is 0. The van der Waals surface area contributed by atoms with Gasteiger partial charge in [-0.2, -0.15) is 0 Å². The number of anilines is 1. The number of halogens is 1. The van der Waals surface area contributed by atoms with Crippen LogP contribution < -0.4 is 11.1 Å². The zero-order valence-corrected chi connectivity index (χ0v) is 11.9. The standard InChI is InChI=1S/C13H19BrN2O/c1-9-5-3-7-11(13(9)14)16-12(17)8-4-6-10(2)15/h3,5,7,10H,4,6,8,15H2,1-2H3,(H,16,17). The van der Waals surface area contributed by atoms with Gasteiger partial charge in [-0.05, 0) is 54.2 Å². The van der Waals surface area contributed by atoms with Gasteiger partial charge in [0, 0.05) is 16.9 Å². The summed E-state index contributed by atoms with van der Waals surface area (Å²) >= 11 is 3.47. The van der Waals surface area contributed by atoms with Crippen LogP contribution in [0.5, 0.6) is 0 Å². The van der Waals surface area contributed by atoms with Gasteiger partial charge in [0.15, 0.2) is 0 Å². The van der Waals surface area contributed by atoms with E-state index in [1.807, 2.05) is 32.0 Å². The van der Waals surface area contributed by atoms with Crippen LogP contribution in [0.15, 0.2) is 22.7 Å². The van der Waals surface area contributed by atoms with Crippen LogP contribution in [0.1, 0.15) is 31.7 Å². The van der Waals surface area contributed by atoms with Gasteiger partial charge in [0.05, 0.1) is 5.69 Å². The molecular formula is C13H19BrN2O. The third-order valence-corrected chi connectivity index (χ3v) is 3.58. The minimum atomic E-state index is 0.0388. The van der Waals surface area contributed by atoms with E-state index in [-0.39, 0.29) is 11.9 Å². The van der Waals surface area contributed by atoms with Gasteiger partial charge in [0.25, 0.3) is 0 Å². The van der Waals surface area contributed by atoms with Crippen molar-refractivity contribution in [2.45, 2.75) is 39.2 Å². The number of benzene rings is 1. The third-order valence-electron chi connectivity index (χ3n) is 2.53. The molecule has 0 saturated heterocycles. The molecule has 0 spiro atoms. The molecule has 1 aromatic rings. The number of aryl methyl sites for hydroxylation is 1. The van der Waals surface area contributed by atoms with Crippen molar-refractivity contribution < 1.29 is 4.79 Å². The number of nitrogens with one attached hydrogen (secondary N) is 1. The van der Waals surface area contributed by atoms with Crippen LogP contribution in [0.3, 0.4) is 0 Å². The molecule has 1 unspecified atom stereocenters. The number of nitrogens with two attached hydrogens (primary N) is 1. The molecule has 0 aliphatic carbocycles. The average molecular weight is 299 g/mol. The van der Waals surface area contributed by atoms with Gasteiger partial charge in [0.2, 0.25) is 5.91 Å². The maximum atomic E-state index is 11.7. The maximum Gasteiger partial charge on any atom is 0.224 e. The zero-order chi connectivity index (χ0) is 12.8. The predicted octanol–water partition coefficient (Wildman–Crippen LogP) is 3.21. The summed E-state index contributed by atoms with van der Waals surface area (Å²) in [6, 6.07) is 5.97. The Bertz CT molecular complexity index is 391. The van der Waals surface area contributed by atoms with Gasteiger partial charge in [-0.15, -0.1) is 0 Å². The van der Waals surface area contributed by atoms with Crippen molar-refractivity contribution in [3.05, 3.63) is 28.2 Å². The molecule has 0 radical (unpaired) electrons. The molecule has 3 nitrogen and oxygen atoms in total. The van der Waals surface area contributed by atoms with E-state index >= 15 is 0 Å². The van der Waals surface area contributed by atoms with E-state index in [2.05, 4.69) is 21.2 Å². The maximum absolute atomic E-state index is 11.7. The fourth-order valence-electron chi connectivity index (χ4n) is 1.54. The fourth-order valence-corrected chi connectivity index (χ4v) is 1.90. The normalized spacial score (nSPS) is 12.2. The van der Waals surface area contributed by atoms with E-state index < -0.39 is 0 Å². The van der Waals surface area contributed by atoms with E-state index in [1.54, 1.807) is 0 Å². The highest BCUT2D eigenvalue weighted by atomic mass is 79.9. The van der Waals surface area contributed by atoms with Crippen LogP contribution in [0.25, 0.3) is 0 Å². The second-order valence-electron chi connectivity index (χ2n) is 4.35. The van der Waals surface area contributed by atoms with E-state index in [1.165, 1.54) is 0 Å². The molecule has 17 heavy (non-hydrogen) atoms. The summed E-state index contributed by atoms with van der Waals surface area (Å²) in [5.41, 5.74) is 7.58. The SMILES string of the molecule is Cc1cccc(NC(=O)CCCC(C)N)c1Br. The topological polar surface area (TPSA) is 55.1 Å². The molecule has 0 fully saturated rings. The first-order chi connectivity index (χ1) is 8.00. The molecule has 0 heterocycles. The molecule has 4 heteroatoms. The molecule has 94 valence electrons. The van der Waals surface area contributed by atoms with E-state index in [0.29, 0.717) is 6.42 Å². The quantitative estimate of drug-likeness (QED) is 0.877. The number of carbonyl (C=O) groups is 1. The number of hydrogen-bond acceptors (Lipinski definition) is 2. The van der Waals surface area contributed by atoms with Crippen molar-refractivity contribution in [2.24, 2.45) is 5.73 Å². The lowest BCUT2D eigenvalue weighted by atomic mass is 10.1. The molecule has 0 bridgehead atoms. The lowest BCUT2D eigenvalue weighted by molar-refractivity contribution is -0.116.